The fraction of sp³-hybridized carbons (Fsp3) is 0.429. The van der Waals surface area contributed by atoms with E-state index >= 15 is 0 Å². The van der Waals surface area contributed by atoms with Crippen molar-refractivity contribution in [3.63, 3.8) is 0 Å². The van der Waals surface area contributed by atoms with Gasteiger partial charge >= 0.3 is 5.97 Å². The molecule has 4 N–H and O–H groups in total. The molecule has 0 heterocycles. The van der Waals surface area contributed by atoms with Crippen LogP contribution in [0.3, 0.4) is 0 Å². The third-order valence-electron chi connectivity index (χ3n) is 3.49. The van der Waals surface area contributed by atoms with Crippen molar-refractivity contribution in [3.05, 3.63) is 29.8 Å². The lowest BCUT2D eigenvalue weighted by Crippen LogP contribution is -2.48. The molecule has 102 valence electrons. The van der Waals surface area contributed by atoms with E-state index in [0.717, 1.165) is 12.8 Å². The van der Waals surface area contributed by atoms with Crippen LogP contribution in [0.15, 0.2) is 24.3 Å². The zero-order chi connectivity index (χ0) is 13.9. The van der Waals surface area contributed by atoms with Crippen molar-refractivity contribution < 1.29 is 14.7 Å². The predicted octanol–water partition coefficient (Wildman–Crippen LogP) is 1.52. The summed E-state index contributed by atoms with van der Waals surface area (Å²) in [5.41, 5.74) is 6.54. The van der Waals surface area contributed by atoms with Gasteiger partial charge in [-0.05, 0) is 30.5 Å². The molecule has 5 heteroatoms. The number of nitrogens with two attached hydrogens (primary N) is 1. The van der Waals surface area contributed by atoms with Gasteiger partial charge in [0.05, 0.1) is 12.0 Å². The van der Waals surface area contributed by atoms with Crippen LogP contribution in [-0.2, 0) is 16.0 Å². The highest BCUT2D eigenvalue weighted by Crippen LogP contribution is 2.28. The zero-order valence-corrected chi connectivity index (χ0v) is 10.7. The van der Waals surface area contributed by atoms with Crippen molar-refractivity contribution in [2.24, 2.45) is 5.73 Å². The van der Waals surface area contributed by atoms with Crippen LogP contribution in [0.2, 0.25) is 0 Å². The Balaban J connectivity index is 2.06. The first-order valence-electron chi connectivity index (χ1n) is 6.41. The molecular formula is C14H18N2O3. The molecule has 19 heavy (non-hydrogen) atoms. The topological polar surface area (TPSA) is 92.4 Å². The van der Waals surface area contributed by atoms with E-state index in [4.69, 9.17) is 10.8 Å². The molecule has 1 aromatic carbocycles. The molecule has 1 aromatic rings. The van der Waals surface area contributed by atoms with E-state index in [0.29, 0.717) is 24.1 Å². The monoisotopic (exact) mass is 262 g/mol. The van der Waals surface area contributed by atoms with Crippen LogP contribution in [0.4, 0.5) is 5.69 Å². The van der Waals surface area contributed by atoms with E-state index in [-0.39, 0.29) is 12.3 Å². The maximum absolute atomic E-state index is 12.1. The number of carbonyl (C=O) groups excluding carboxylic acids is 1. The summed E-state index contributed by atoms with van der Waals surface area (Å²) in [7, 11) is 0. The van der Waals surface area contributed by atoms with Gasteiger partial charge in [-0.3, -0.25) is 9.59 Å². The lowest BCUT2D eigenvalue weighted by atomic mass is 9.98. The largest absolute Gasteiger partial charge is 0.481 e. The van der Waals surface area contributed by atoms with Crippen molar-refractivity contribution >= 4 is 17.6 Å². The van der Waals surface area contributed by atoms with Gasteiger partial charge in [0.1, 0.15) is 0 Å². The number of anilines is 1. The maximum atomic E-state index is 12.1. The van der Waals surface area contributed by atoms with Gasteiger partial charge in [0.25, 0.3) is 0 Å². The molecule has 0 spiro atoms. The summed E-state index contributed by atoms with van der Waals surface area (Å²) >= 11 is 0. The number of hydrogen-bond acceptors (Lipinski definition) is 3. The third-order valence-corrected chi connectivity index (χ3v) is 3.49. The highest BCUT2D eigenvalue weighted by atomic mass is 16.4. The van der Waals surface area contributed by atoms with Crippen LogP contribution in [0, 0.1) is 0 Å². The number of carbonyl (C=O) groups is 2. The summed E-state index contributed by atoms with van der Waals surface area (Å²) < 4.78 is 0. The smallest absolute Gasteiger partial charge is 0.307 e. The number of rotatable bonds is 4. The number of aliphatic carboxylic acids is 1. The Hall–Kier alpha value is -1.88. The number of benzene rings is 1. The second-order valence-corrected chi connectivity index (χ2v) is 5.09. The number of hydrogen-bond donors (Lipinski definition) is 3. The lowest BCUT2D eigenvalue weighted by Gasteiger charge is -2.22. The average Bonchev–Trinajstić information content (AvgIpc) is 2.77. The molecule has 0 unspecified atom stereocenters. The van der Waals surface area contributed by atoms with Crippen molar-refractivity contribution in [1.29, 1.82) is 0 Å². The average molecular weight is 262 g/mol. The van der Waals surface area contributed by atoms with Crippen molar-refractivity contribution in [2.75, 3.05) is 5.32 Å². The normalized spacial score (nSPS) is 17.1. The second kappa shape index (κ2) is 5.40. The minimum atomic E-state index is -0.894. The van der Waals surface area contributed by atoms with Gasteiger partial charge in [-0.15, -0.1) is 0 Å². The van der Waals surface area contributed by atoms with Gasteiger partial charge in [0, 0.05) is 5.69 Å². The van der Waals surface area contributed by atoms with Crippen LogP contribution in [0.25, 0.3) is 0 Å². The maximum Gasteiger partial charge on any atom is 0.307 e. The Bertz CT molecular complexity index is 493. The molecule has 1 saturated carbocycles. The molecule has 0 aliphatic heterocycles. The van der Waals surface area contributed by atoms with Crippen LogP contribution < -0.4 is 11.1 Å². The molecule has 0 aromatic heterocycles. The number of carboxylic acids is 1. The van der Waals surface area contributed by atoms with E-state index in [1.54, 1.807) is 24.3 Å². The van der Waals surface area contributed by atoms with Crippen molar-refractivity contribution in [2.45, 2.75) is 37.6 Å². The van der Waals surface area contributed by atoms with E-state index in [2.05, 4.69) is 5.32 Å². The molecular weight excluding hydrogens is 244 g/mol. The fourth-order valence-electron chi connectivity index (χ4n) is 2.42. The molecule has 0 saturated heterocycles. The molecule has 1 fully saturated rings. The van der Waals surface area contributed by atoms with Crippen LogP contribution >= 0.6 is 0 Å². The summed E-state index contributed by atoms with van der Waals surface area (Å²) in [6.45, 7) is 0. The molecule has 0 radical (unpaired) electrons. The Morgan fingerprint density at radius 3 is 2.63 bits per heavy atom. The molecule has 1 aliphatic carbocycles. The second-order valence-electron chi connectivity index (χ2n) is 5.09. The first-order chi connectivity index (χ1) is 8.99. The van der Waals surface area contributed by atoms with Gasteiger partial charge in [-0.25, -0.2) is 0 Å². The number of nitrogens with one attached hydrogen (secondary N) is 1. The Labute approximate surface area is 111 Å². The van der Waals surface area contributed by atoms with E-state index in [1.807, 2.05) is 0 Å². The zero-order valence-electron chi connectivity index (χ0n) is 10.7. The van der Waals surface area contributed by atoms with Gasteiger partial charge in [-0.1, -0.05) is 25.0 Å². The van der Waals surface area contributed by atoms with Gasteiger partial charge < -0.3 is 16.2 Å². The summed E-state index contributed by atoms with van der Waals surface area (Å²) in [4.78, 5) is 22.8. The van der Waals surface area contributed by atoms with Gasteiger partial charge in [0.2, 0.25) is 5.91 Å². The molecule has 2 rings (SSSR count). The highest BCUT2D eigenvalue weighted by Gasteiger charge is 2.36. The van der Waals surface area contributed by atoms with Crippen LogP contribution in [0.1, 0.15) is 31.2 Å². The number of carboxylic acid groups (broad SMARTS) is 1. The first kappa shape index (κ1) is 13.5. The Morgan fingerprint density at radius 1 is 1.32 bits per heavy atom. The van der Waals surface area contributed by atoms with E-state index in [1.165, 1.54) is 0 Å². The molecule has 5 nitrogen and oxygen atoms in total. The fourth-order valence-corrected chi connectivity index (χ4v) is 2.42. The van der Waals surface area contributed by atoms with Crippen molar-refractivity contribution in [3.8, 4) is 0 Å². The van der Waals surface area contributed by atoms with Crippen LogP contribution in [0.5, 0.6) is 0 Å². The SMILES string of the molecule is NC1(C(=O)Nc2cccc(CC(=O)O)c2)CCCC1. The molecule has 0 atom stereocenters. The quantitative estimate of drug-likeness (QED) is 0.767. The summed E-state index contributed by atoms with van der Waals surface area (Å²) in [6, 6.07) is 6.86. The predicted molar refractivity (Wildman–Crippen MR) is 71.8 cm³/mol. The minimum absolute atomic E-state index is 0.0581. The minimum Gasteiger partial charge on any atom is -0.481 e. The van der Waals surface area contributed by atoms with E-state index in [9.17, 15) is 9.59 Å². The van der Waals surface area contributed by atoms with E-state index < -0.39 is 11.5 Å². The molecule has 1 aliphatic rings. The standard InChI is InChI=1S/C14H18N2O3/c15-14(6-1-2-7-14)13(19)16-11-5-3-4-10(8-11)9-12(17)18/h3-5,8H,1-2,6-7,9,15H2,(H,16,19)(H,17,18). The number of amides is 1. The van der Waals surface area contributed by atoms with Crippen molar-refractivity contribution in [1.82, 2.24) is 0 Å². The lowest BCUT2D eigenvalue weighted by molar-refractivity contribution is -0.136. The summed E-state index contributed by atoms with van der Waals surface area (Å²) in [5.74, 6) is -1.08. The Kier molecular flexibility index (Phi) is 3.85. The molecule has 1 amide bonds. The van der Waals surface area contributed by atoms with Gasteiger partial charge in [-0.2, -0.15) is 0 Å². The Morgan fingerprint density at radius 2 is 2.00 bits per heavy atom. The summed E-state index contributed by atoms with van der Waals surface area (Å²) in [6.07, 6.45) is 3.30. The van der Waals surface area contributed by atoms with Gasteiger partial charge in [0.15, 0.2) is 0 Å². The third kappa shape index (κ3) is 3.32. The van der Waals surface area contributed by atoms with Crippen LogP contribution in [-0.4, -0.2) is 22.5 Å². The summed E-state index contributed by atoms with van der Waals surface area (Å²) in [5, 5.41) is 11.5. The highest BCUT2D eigenvalue weighted by molar-refractivity contribution is 5.98. The first-order valence-corrected chi connectivity index (χ1v) is 6.41. The molecule has 0 bridgehead atoms.